The molecule has 1 aromatic carbocycles. The molecule has 5 rings (SSSR count). The quantitative estimate of drug-likeness (QED) is 0.553. The number of nitrogens with zero attached hydrogens (tertiary/aromatic N) is 5. The number of anilines is 2. The van der Waals surface area contributed by atoms with Crippen molar-refractivity contribution in [3.8, 4) is 17.0 Å². The first-order chi connectivity index (χ1) is 16.6. The van der Waals surface area contributed by atoms with Crippen LogP contribution in [0.15, 0.2) is 48.7 Å². The average molecular weight is 462 g/mol. The Kier molecular flexibility index (Phi) is 6.15. The number of carbonyl (C=O) groups excluding carboxylic acids is 1. The first-order valence-electron chi connectivity index (χ1n) is 11.7. The van der Waals surface area contributed by atoms with Gasteiger partial charge >= 0.3 is 0 Å². The Morgan fingerprint density at radius 1 is 1.03 bits per heavy atom. The molecule has 8 heteroatoms. The van der Waals surface area contributed by atoms with E-state index in [4.69, 9.17) is 9.72 Å². The van der Waals surface area contributed by atoms with Gasteiger partial charge in [0, 0.05) is 43.5 Å². The third-order valence-corrected chi connectivity index (χ3v) is 6.51. The van der Waals surface area contributed by atoms with E-state index in [0.717, 1.165) is 45.0 Å². The molecule has 2 aliphatic heterocycles. The van der Waals surface area contributed by atoms with E-state index in [1.54, 1.807) is 29.3 Å². The number of aromatic nitrogens is 2. The zero-order chi connectivity index (χ0) is 23.7. The van der Waals surface area contributed by atoms with Gasteiger partial charge in [0.15, 0.2) is 0 Å². The average Bonchev–Trinajstić information content (AvgIpc) is 3.21. The number of halogens is 1. The Labute approximate surface area is 198 Å². The first kappa shape index (κ1) is 22.3. The number of hydrogen-bond donors (Lipinski definition) is 0. The maximum absolute atomic E-state index is 14.8. The Hall–Kier alpha value is -3.52. The van der Waals surface area contributed by atoms with Crippen LogP contribution in [0.2, 0.25) is 0 Å². The molecule has 0 spiro atoms. The Morgan fingerprint density at radius 3 is 2.56 bits per heavy atom. The molecule has 7 nitrogen and oxygen atoms in total. The van der Waals surface area contributed by atoms with Gasteiger partial charge in [0.2, 0.25) is 0 Å². The number of methoxy groups -OCH3 is 1. The van der Waals surface area contributed by atoms with Gasteiger partial charge in [-0.1, -0.05) is 19.1 Å². The number of hydrogen-bond acceptors (Lipinski definition) is 6. The fraction of sp³-hybridized carbons (Fsp3) is 0.346. The maximum Gasteiger partial charge on any atom is 0.260 e. The van der Waals surface area contributed by atoms with Crippen molar-refractivity contribution in [2.75, 3.05) is 49.6 Å². The molecule has 1 saturated heterocycles. The van der Waals surface area contributed by atoms with Crippen molar-refractivity contribution in [3.63, 3.8) is 0 Å². The van der Waals surface area contributed by atoms with Crippen LogP contribution in [0.5, 0.6) is 5.75 Å². The summed E-state index contributed by atoms with van der Waals surface area (Å²) in [7, 11) is 1.50. The Balaban J connectivity index is 1.44. The topological polar surface area (TPSA) is 61.8 Å². The molecule has 4 heterocycles. The van der Waals surface area contributed by atoms with E-state index >= 15 is 0 Å². The summed E-state index contributed by atoms with van der Waals surface area (Å²) in [4.78, 5) is 29.0. The van der Waals surface area contributed by atoms with Crippen LogP contribution in [0.1, 0.15) is 29.3 Å². The zero-order valence-corrected chi connectivity index (χ0v) is 19.5. The molecule has 34 heavy (non-hydrogen) atoms. The second-order valence-electron chi connectivity index (χ2n) is 8.58. The molecule has 1 amide bonds. The van der Waals surface area contributed by atoms with Crippen LogP contribution >= 0.6 is 0 Å². The summed E-state index contributed by atoms with van der Waals surface area (Å²) >= 11 is 0. The lowest BCUT2D eigenvalue weighted by atomic mass is 10.0. The van der Waals surface area contributed by atoms with E-state index in [1.807, 2.05) is 18.2 Å². The van der Waals surface area contributed by atoms with E-state index in [1.165, 1.54) is 13.2 Å². The number of ether oxygens (including phenoxy) is 1. The maximum atomic E-state index is 14.8. The molecule has 3 aromatic rings. The highest BCUT2D eigenvalue weighted by atomic mass is 19.1. The third-order valence-electron chi connectivity index (χ3n) is 6.51. The van der Waals surface area contributed by atoms with Crippen LogP contribution in [0.3, 0.4) is 0 Å². The minimum absolute atomic E-state index is 0.161. The van der Waals surface area contributed by atoms with Gasteiger partial charge in [-0.25, -0.2) is 9.37 Å². The minimum Gasteiger partial charge on any atom is -0.496 e. The van der Waals surface area contributed by atoms with Gasteiger partial charge in [-0.15, -0.1) is 0 Å². The smallest absolute Gasteiger partial charge is 0.260 e. The second-order valence-corrected chi connectivity index (χ2v) is 8.58. The second kappa shape index (κ2) is 9.38. The number of amides is 1. The number of fused-ring (bicyclic) bond motifs is 1. The molecule has 0 atom stereocenters. The van der Waals surface area contributed by atoms with E-state index in [-0.39, 0.29) is 18.0 Å². The zero-order valence-electron chi connectivity index (χ0n) is 19.5. The predicted molar refractivity (Wildman–Crippen MR) is 130 cm³/mol. The molecular formula is C26H28FN5O2. The molecular weight excluding hydrogens is 433 g/mol. The molecule has 0 bridgehead atoms. The summed E-state index contributed by atoms with van der Waals surface area (Å²) in [6, 6.07) is 12.1. The Bertz CT molecular complexity index is 1210. The van der Waals surface area contributed by atoms with Crippen molar-refractivity contribution >= 4 is 17.5 Å². The van der Waals surface area contributed by atoms with Crippen LogP contribution in [-0.4, -0.2) is 60.6 Å². The molecule has 2 aliphatic rings. The van der Waals surface area contributed by atoms with Crippen molar-refractivity contribution in [1.82, 2.24) is 14.9 Å². The summed E-state index contributed by atoms with van der Waals surface area (Å²) in [5.41, 5.74) is 1.88. The van der Waals surface area contributed by atoms with E-state index in [2.05, 4.69) is 21.7 Å². The molecule has 176 valence electrons. The number of piperazine rings is 1. The minimum atomic E-state index is -0.437. The fourth-order valence-electron chi connectivity index (χ4n) is 4.79. The normalized spacial score (nSPS) is 16.1. The molecule has 0 aliphatic carbocycles. The molecule has 2 aromatic heterocycles. The standard InChI is InChI=1S/C26H28FN5O2/c1-3-12-30-13-15-31(16-14-30)22-8-5-9-23(29-22)32-17-19-18(26(32)33)10-11-28-25(19)24-20(27)6-4-7-21(24)34-2/h4-11H,3,12-17H2,1-2H3. The summed E-state index contributed by atoms with van der Waals surface area (Å²) in [5, 5.41) is 0. The van der Waals surface area contributed by atoms with E-state index in [0.29, 0.717) is 28.4 Å². The number of pyridine rings is 2. The molecule has 0 saturated carbocycles. The highest BCUT2D eigenvalue weighted by molar-refractivity contribution is 6.10. The Morgan fingerprint density at radius 2 is 1.79 bits per heavy atom. The SMILES string of the molecule is CCCN1CCN(c2cccc(N3Cc4c(ccnc4-c4c(F)cccc4OC)C3=O)n2)CC1. The largest absolute Gasteiger partial charge is 0.496 e. The number of benzene rings is 1. The third kappa shape index (κ3) is 3.98. The van der Waals surface area contributed by atoms with Gasteiger partial charge in [0.25, 0.3) is 5.91 Å². The molecule has 1 fully saturated rings. The molecule has 0 unspecified atom stereocenters. The first-order valence-corrected chi connectivity index (χ1v) is 11.7. The van der Waals surface area contributed by atoms with Gasteiger partial charge < -0.3 is 9.64 Å². The predicted octanol–water partition coefficient (Wildman–Crippen LogP) is 3.98. The highest BCUT2D eigenvalue weighted by Crippen LogP contribution is 2.38. The van der Waals surface area contributed by atoms with Crippen molar-refractivity contribution in [2.24, 2.45) is 0 Å². The van der Waals surface area contributed by atoms with Crippen molar-refractivity contribution in [2.45, 2.75) is 19.9 Å². The molecule has 0 radical (unpaired) electrons. The number of rotatable bonds is 6. The van der Waals surface area contributed by atoms with Gasteiger partial charge in [-0.3, -0.25) is 19.6 Å². The van der Waals surface area contributed by atoms with Crippen molar-refractivity contribution in [1.29, 1.82) is 0 Å². The lowest BCUT2D eigenvalue weighted by Crippen LogP contribution is -2.46. The lowest BCUT2D eigenvalue weighted by Gasteiger charge is -2.35. The number of carbonyl (C=O) groups is 1. The summed E-state index contributed by atoms with van der Waals surface area (Å²) in [6.45, 7) is 7.42. The van der Waals surface area contributed by atoms with Crippen LogP contribution in [0.4, 0.5) is 16.0 Å². The highest BCUT2D eigenvalue weighted by Gasteiger charge is 2.33. The summed E-state index contributed by atoms with van der Waals surface area (Å²) in [5.74, 6) is 1.24. The van der Waals surface area contributed by atoms with Gasteiger partial charge in [0.1, 0.15) is 23.2 Å². The van der Waals surface area contributed by atoms with Crippen molar-refractivity contribution in [3.05, 3.63) is 65.6 Å². The van der Waals surface area contributed by atoms with E-state index in [9.17, 15) is 9.18 Å². The summed E-state index contributed by atoms with van der Waals surface area (Å²) < 4.78 is 20.2. The van der Waals surface area contributed by atoms with Gasteiger partial charge in [-0.05, 0) is 43.3 Å². The van der Waals surface area contributed by atoms with Crippen LogP contribution in [0.25, 0.3) is 11.3 Å². The lowest BCUT2D eigenvalue weighted by molar-refractivity contribution is 0.0996. The van der Waals surface area contributed by atoms with Crippen LogP contribution < -0.4 is 14.5 Å². The summed E-state index contributed by atoms with van der Waals surface area (Å²) in [6.07, 6.45) is 2.70. The van der Waals surface area contributed by atoms with Crippen LogP contribution in [-0.2, 0) is 6.54 Å². The fourth-order valence-corrected chi connectivity index (χ4v) is 4.79. The van der Waals surface area contributed by atoms with E-state index < -0.39 is 5.82 Å². The molecule has 0 N–H and O–H groups in total. The monoisotopic (exact) mass is 461 g/mol. The van der Waals surface area contributed by atoms with Gasteiger partial charge in [0.05, 0.1) is 24.9 Å². The van der Waals surface area contributed by atoms with Gasteiger partial charge in [-0.2, -0.15) is 0 Å². The van der Waals surface area contributed by atoms with Crippen molar-refractivity contribution < 1.29 is 13.9 Å². The van der Waals surface area contributed by atoms with Crippen LogP contribution in [0, 0.1) is 5.82 Å².